The van der Waals surface area contributed by atoms with E-state index < -0.39 is 24.1 Å². The van der Waals surface area contributed by atoms with Crippen LogP contribution in [0.3, 0.4) is 0 Å². The van der Waals surface area contributed by atoms with Crippen LogP contribution in [0.4, 0.5) is 4.79 Å². The molecule has 0 saturated carbocycles. The monoisotopic (exact) mass is 259 g/mol. The van der Waals surface area contributed by atoms with Crippen molar-refractivity contribution in [1.82, 2.24) is 16.0 Å². The normalized spacial score (nSPS) is 13.3. The van der Waals surface area contributed by atoms with Crippen molar-refractivity contribution in [3.05, 3.63) is 0 Å². The van der Waals surface area contributed by atoms with Crippen LogP contribution in [0.2, 0.25) is 0 Å². The number of urea groups is 1. The van der Waals surface area contributed by atoms with Crippen LogP contribution in [0.5, 0.6) is 0 Å². The second kappa shape index (κ2) is 8.32. The molecule has 0 aliphatic rings. The molecule has 0 aliphatic heterocycles. The van der Waals surface area contributed by atoms with Crippen LogP contribution in [0.15, 0.2) is 0 Å². The fourth-order valence-electron chi connectivity index (χ4n) is 1.34. The van der Waals surface area contributed by atoms with Crippen molar-refractivity contribution in [2.45, 2.75) is 45.2 Å². The van der Waals surface area contributed by atoms with Gasteiger partial charge in [-0.15, -0.1) is 0 Å². The van der Waals surface area contributed by atoms with Crippen molar-refractivity contribution >= 4 is 17.9 Å². The number of nitrogens with one attached hydrogen (secondary N) is 3. The average molecular weight is 259 g/mol. The summed E-state index contributed by atoms with van der Waals surface area (Å²) >= 11 is 0. The van der Waals surface area contributed by atoms with Crippen LogP contribution in [-0.2, 0) is 9.59 Å². The lowest BCUT2D eigenvalue weighted by Crippen LogP contribution is -2.51. The number of amides is 3. The van der Waals surface area contributed by atoms with Gasteiger partial charge in [-0.2, -0.15) is 0 Å². The highest BCUT2D eigenvalue weighted by atomic mass is 16.4. The predicted molar refractivity (Wildman–Crippen MR) is 66.1 cm³/mol. The van der Waals surface area contributed by atoms with Crippen molar-refractivity contribution in [2.75, 3.05) is 7.05 Å². The van der Waals surface area contributed by atoms with Crippen molar-refractivity contribution in [3.63, 3.8) is 0 Å². The SMILES string of the molecule is CCCC[C@H](NC(=O)NC(C)C(=O)NC)C(=O)O. The first-order chi connectivity index (χ1) is 8.42. The largest absolute Gasteiger partial charge is 0.480 e. The van der Waals surface area contributed by atoms with E-state index in [1.807, 2.05) is 6.92 Å². The number of carboxylic acids is 1. The quantitative estimate of drug-likeness (QED) is 0.518. The van der Waals surface area contributed by atoms with Crippen LogP contribution in [0.1, 0.15) is 33.1 Å². The molecule has 7 heteroatoms. The lowest BCUT2D eigenvalue weighted by Gasteiger charge is -2.17. The summed E-state index contributed by atoms with van der Waals surface area (Å²) in [5, 5.41) is 16.0. The fraction of sp³-hybridized carbons (Fsp3) is 0.727. The molecule has 0 fully saturated rings. The van der Waals surface area contributed by atoms with Crippen molar-refractivity contribution in [1.29, 1.82) is 0 Å². The van der Waals surface area contributed by atoms with Gasteiger partial charge in [0, 0.05) is 7.05 Å². The fourth-order valence-corrected chi connectivity index (χ4v) is 1.34. The number of hydrogen-bond acceptors (Lipinski definition) is 3. The minimum absolute atomic E-state index is 0.342. The first-order valence-corrected chi connectivity index (χ1v) is 5.93. The van der Waals surface area contributed by atoms with E-state index >= 15 is 0 Å². The van der Waals surface area contributed by atoms with E-state index in [-0.39, 0.29) is 5.91 Å². The van der Waals surface area contributed by atoms with Gasteiger partial charge >= 0.3 is 12.0 Å². The summed E-state index contributed by atoms with van der Waals surface area (Å²) in [5.41, 5.74) is 0. The number of rotatable bonds is 7. The summed E-state index contributed by atoms with van der Waals surface area (Å²) < 4.78 is 0. The third kappa shape index (κ3) is 6.07. The number of carboxylic acid groups (broad SMARTS) is 1. The summed E-state index contributed by atoms with van der Waals surface area (Å²) in [4.78, 5) is 33.6. The Morgan fingerprint density at radius 2 is 1.83 bits per heavy atom. The number of hydrogen-bond donors (Lipinski definition) is 4. The lowest BCUT2D eigenvalue weighted by atomic mass is 10.1. The van der Waals surface area contributed by atoms with E-state index in [2.05, 4.69) is 16.0 Å². The Morgan fingerprint density at radius 3 is 2.28 bits per heavy atom. The lowest BCUT2D eigenvalue weighted by molar-refractivity contribution is -0.139. The molecule has 0 aromatic carbocycles. The molecule has 2 atom stereocenters. The Balaban J connectivity index is 4.25. The zero-order valence-corrected chi connectivity index (χ0v) is 10.9. The molecule has 0 saturated heterocycles. The summed E-state index contributed by atoms with van der Waals surface area (Å²) in [6, 6.07) is -2.30. The molecular weight excluding hydrogens is 238 g/mol. The molecular formula is C11H21N3O4. The maximum Gasteiger partial charge on any atom is 0.326 e. The van der Waals surface area contributed by atoms with E-state index in [9.17, 15) is 14.4 Å². The smallest absolute Gasteiger partial charge is 0.326 e. The van der Waals surface area contributed by atoms with Crippen LogP contribution >= 0.6 is 0 Å². The van der Waals surface area contributed by atoms with Gasteiger partial charge in [0.15, 0.2) is 0 Å². The van der Waals surface area contributed by atoms with Gasteiger partial charge in [-0.3, -0.25) is 4.79 Å². The minimum atomic E-state index is -1.08. The highest BCUT2D eigenvalue weighted by Crippen LogP contribution is 2.00. The van der Waals surface area contributed by atoms with Gasteiger partial charge in [0.2, 0.25) is 5.91 Å². The van der Waals surface area contributed by atoms with Crippen molar-refractivity contribution in [3.8, 4) is 0 Å². The molecule has 1 unspecified atom stereocenters. The number of carbonyl (C=O) groups is 3. The van der Waals surface area contributed by atoms with Gasteiger partial charge in [-0.25, -0.2) is 9.59 Å². The third-order valence-corrected chi connectivity index (χ3v) is 2.44. The molecule has 0 aromatic heterocycles. The highest BCUT2D eigenvalue weighted by Gasteiger charge is 2.21. The molecule has 7 nitrogen and oxygen atoms in total. The first-order valence-electron chi connectivity index (χ1n) is 5.93. The predicted octanol–water partition coefficient (Wildman–Crippen LogP) is 0.0635. The standard InChI is InChI=1S/C11H21N3O4/c1-4-5-6-8(10(16)17)14-11(18)13-7(2)9(15)12-3/h7-8H,4-6H2,1-3H3,(H,12,15)(H,16,17)(H2,13,14,18)/t7?,8-/m0/s1. The van der Waals surface area contributed by atoms with E-state index in [1.165, 1.54) is 14.0 Å². The number of aliphatic carboxylic acids is 1. The number of carbonyl (C=O) groups excluding carboxylic acids is 2. The van der Waals surface area contributed by atoms with E-state index in [0.717, 1.165) is 6.42 Å². The Bertz CT molecular complexity index is 307. The van der Waals surface area contributed by atoms with E-state index in [4.69, 9.17) is 5.11 Å². The van der Waals surface area contributed by atoms with Crippen LogP contribution in [0, 0.1) is 0 Å². The summed E-state index contributed by atoms with van der Waals surface area (Å²) in [6.45, 7) is 3.45. The molecule has 0 aliphatic carbocycles. The van der Waals surface area contributed by atoms with Crippen molar-refractivity contribution < 1.29 is 19.5 Å². The topological polar surface area (TPSA) is 108 Å². The van der Waals surface area contributed by atoms with Gasteiger partial charge < -0.3 is 21.1 Å². The third-order valence-electron chi connectivity index (χ3n) is 2.44. The second-order valence-corrected chi connectivity index (χ2v) is 3.99. The molecule has 0 bridgehead atoms. The molecule has 0 heterocycles. The number of likely N-dealkylation sites (N-methyl/N-ethyl adjacent to an activating group) is 1. The van der Waals surface area contributed by atoms with Gasteiger partial charge in [-0.05, 0) is 13.3 Å². The summed E-state index contributed by atoms with van der Waals surface area (Å²) in [7, 11) is 1.46. The molecule has 18 heavy (non-hydrogen) atoms. The summed E-state index contributed by atoms with van der Waals surface area (Å²) in [5.74, 6) is -1.42. The average Bonchev–Trinajstić information content (AvgIpc) is 2.32. The molecule has 104 valence electrons. The maximum absolute atomic E-state index is 11.5. The Hall–Kier alpha value is -1.79. The molecule has 4 N–H and O–H groups in total. The summed E-state index contributed by atoms with van der Waals surface area (Å²) in [6.07, 6.45) is 1.93. The zero-order valence-electron chi connectivity index (χ0n) is 10.9. The van der Waals surface area contributed by atoms with E-state index in [1.54, 1.807) is 0 Å². The second-order valence-electron chi connectivity index (χ2n) is 3.99. The maximum atomic E-state index is 11.5. The van der Waals surface area contributed by atoms with Crippen LogP contribution in [0.25, 0.3) is 0 Å². The van der Waals surface area contributed by atoms with Gasteiger partial charge in [0.25, 0.3) is 0 Å². The van der Waals surface area contributed by atoms with E-state index in [0.29, 0.717) is 12.8 Å². The van der Waals surface area contributed by atoms with Crippen LogP contribution < -0.4 is 16.0 Å². The van der Waals surface area contributed by atoms with Crippen molar-refractivity contribution in [2.24, 2.45) is 0 Å². The number of unbranched alkanes of at least 4 members (excludes halogenated alkanes) is 1. The molecule has 0 spiro atoms. The Labute approximate surface area is 106 Å². The minimum Gasteiger partial charge on any atom is -0.480 e. The zero-order chi connectivity index (χ0) is 14.1. The Morgan fingerprint density at radius 1 is 1.22 bits per heavy atom. The molecule has 0 aromatic rings. The van der Waals surface area contributed by atoms with Gasteiger partial charge in [-0.1, -0.05) is 19.8 Å². The molecule has 0 radical (unpaired) electrons. The van der Waals surface area contributed by atoms with Crippen LogP contribution in [-0.4, -0.2) is 42.1 Å². The Kier molecular flexibility index (Phi) is 7.50. The first kappa shape index (κ1) is 16.2. The highest BCUT2D eigenvalue weighted by molar-refractivity contribution is 5.88. The molecule has 0 rings (SSSR count). The molecule has 3 amide bonds. The van der Waals surface area contributed by atoms with Gasteiger partial charge in [0.1, 0.15) is 12.1 Å². The van der Waals surface area contributed by atoms with Gasteiger partial charge in [0.05, 0.1) is 0 Å².